The molecule has 2 atom stereocenters. The lowest BCUT2D eigenvalue weighted by Crippen LogP contribution is -2.24. The molecule has 1 heteroatoms. The van der Waals surface area contributed by atoms with Crippen LogP contribution < -0.4 is 0 Å². The van der Waals surface area contributed by atoms with E-state index in [9.17, 15) is 0 Å². The lowest BCUT2D eigenvalue weighted by molar-refractivity contribution is -0.00213. The molecule has 0 saturated carbocycles. The van der Waals surface area contributed by atoms with E-state index in [-0.39, 0.29) is 0 Å². The van der Waals surface area contributed by atoms with Crippen LogP contribution >= 0.6 is 0 Å². The van der Waals surface area contributed by atoms with E-state index in [2.05, 4.69) is 38.1 Å². The lowest BCUT2D eigenvalue weighted by atomic mass is 9.89. The molecule has 1 heterocycles. The molecule has 1 aliphatic rings. The van der Waals surface area contributed by atoms with E-state index < -0.39 is 0 Å². The molecule has 0 aliphatic carbocycles. The highest BCUT2D eigenvalue weighted by atomic mass is 16.5. The normalized spacial score (nSPS) is 21.5. The number of hydrogen-bond acceptors (Lipinski definition) is 1. The first-order valence-electron chi connectivity index (χ1n) is 10.0. The predicted molar refractivity (Wildman–Crippen MR) is 100 cm³/mol. The Hall–Kier alpha value is -0.820. The molecular formula is C22H36O. The minimum Gasteiger partial charge on any atom is -0.378 e. The van der Waals surface area contributed by atoms with Gasteiger partial charge < -0.3 is 4.74 Å². The van der Waals surface area contributed by atoms with Crippen LogP contribution in [0.5, 0.6) is 0 Å². The highest BCUT2D eigenvalue weighted by molar-refractivity contribution is 5.26. The van der Waals surface area contributed by atoms with Gasteiger partial charge >= 0.3 is 0 Å². The van der Waals surface area contributed by atoms with Gasteiger partial charge in [0, 0.05) is 5.92 Å². The number of benzene rings is 1. The zero-order valence-electron chi connectivity index (χ0n) is 15.4. The third-order valence-corrected chi connectivity index (χ3v) is 5.27. The smallest absolute Gasteiger partial charge is 0.0575 e. The number of aryl methyl sites for hydroxylation is 1. The molecule has 0 spiro atoms. The Morgan fingerprint density at radius 2 is 1.61 bits per heavy atom. The first-order valence-corrected chi connectivity index (χ1v) is 10.0. The van der Waals surface area contributed by atoms with Crippen LogP contribution in [0.15, 0.2) is 24.3 Å². The Morgan fingerprint density at radius 3 is 2.26 bits per heavy atom. The maximum Gasteiger partial charge on any atom is 0.0575 e. The third kappa shape index (κ3) is 6.67. The lowest BCUT2D eigenvalue weighted by Gasteiger charge is -2.29. The number of unbranched alkanes of at least 4 members (excludes halogenated alkanes) is 5. The third-order valence-electron chi connectivity index (χ3n) is 5.27. The zero-order valence-corrected chi connectivity index (χ0v) is 15.4. The van der Waals surface area contributed by atoms with E-state index in [0.29, 0.717) is 12.0 Å². The zero-order chi connectivity index (χ0) is 16.3. The van der Waals surface area contributed by atoms with Crippen molar-refractivity contribution in [3.63, 3.8) is 0 Å². The van der Waals surface area contributed by atoms with Gasteiger partial charge in [0.15, 0.2) is 0 Å². The summed E-state index contributed by atoms with van der Waals surface area (Å²) in [5.74, 6) is 0.617. The van der Waals surface area contributed by atoms with Crippen molar-refractivity contribution in [1.29, 1.82) is 0 Å². The Kier molecular flexibility index (Phi) is 8.74. The van der Waals surface area contributed by atoms with Crippen LogP contribution in [0.1, 0.15) is 95.1 Å². The Morgan fingerprint density at radius 1 is 0.870 bits per heavy atom. The second kappa shape index (κ2) is 10.9. The van der Waals surface area contributed by atoms with Gasteiger partial charge in [-0.05, 0) is 43.2 Å². The molecule has 1 fully saturated rings. The first-order chi connectivity index (χ1) is 11.3. The summed E-state index contributed by atoms with van der Waals surface area (Å²) < 4.78 is 6.15. The van der Waals surface area contributed by atoms with Crippen LogP contribution in [0.3, 0.4) is 0 Å². The van der Waals surface area contributed by atoms with Crippen LogP contribution in [-0.2, 0) is 11.2 Å². The van der Waals surface area contributed by atoms with Gasteiger partial charge in [-0.15, -0.1) is 0 Å². The maximum atomic E-state index is 6.15. The number of hydrogen-bond donors (Lipinski definition) is 0. The topological polar surface area (TPSA) is 9.23 Å². The van der Waals surface area contributed by atoms with Gasteiger partial charge in [-0.2, -0.15) is 0 Å². The average molecular weight is 317 g/mol. The molecule has 1 aromatic rings. The summed E-state index contributed by atoms with van der Waals surface area (Å²) in [5.41, 5.74) is 2.96. The molecular weight excluding hydrogens is 280 g/mol. The van der Waals surface area contributed by atoms with Gasteiger partial charge in [0.05, 0.1) is 12.7 Å². The molecule has 1 saturated heterocycles. The van der Waals surface area contributed by atoms with Crippen LogP contribution in [0.4, 0.5) is 0 Å². The molecule has 0 N–H and O–H groups in total. The van der Waals surface area contributed by atoms with E-state index in [1.54, 1.807) is 0 Å². The molecule has 1 aliphatic heterocycles. The van der Waals surface area contributed by atoms with E-state index in [4.69, 9.17) is 4.74 Å². The summed E-state index contributed by atoms with van der Waals surface area (Å²) in [6, 6.07) is 9.32. The Balaban J connectivity index is 1.67. The summed E-state index contributed by atoms with van der Waals surface area (Å²) in [6.07, 6.45) is 15.0. The van der Waals surface area contributed by atoms with Crippen molar-refractivity contribution in [2.24, 2.45) is 0 Å². The fraction of sp³-hybridized carbons (Fsp3) is 0.727. The van der Waals surface area contributed by atoms with Gasteiger partial charge in [0.2, 0.25) is 0 Å². The fourth-order valence-electron chi connectivity index (χ4n) is 3.61. The summed E-state index contributed by atoms with van der Waals surface area (Å²) in [6.45, 7) is 5.46. The Bertz CT molecular complexity index is 400. The first kappa shape index (κ1) is 18.5. The SMILES string of the molecule is CCCCCCCC1CCC(c2ccc(CCCC)cc2)CO1. The van der Waals surface area contributed by atoms with E-state index in [1.807, 2.05) is 0 Å². The van der Waals surface area contributed by atoms with Crippen molar-refractivity contribution in [3.8, 4) is 0 Å². The van der Waals surface area contributed by atoms with Gasteiger partial charge in [-0.25, -0.2) is 0 Å². The molecule has 2 unspecified atom stereocenters. The molecule has 0 aromatic heterocycles. The van der Waals surface area contributed by atoms with Crippen LogP contribution in [0, 0.1) is 0 Å². The van der Waals surface area contributed by atoms with Crippen molar-refractivity contribution >= 4 is 0 Å². The van der Waals surface area contributed by atoms with Gasteiger partial charge in [-0.1, -0.05) is 76.6 Å². The van der Waals surface area contributed by atoms with Crippen LogP contribution in [-0.4, -0.2) is 12.7 Å². The predicted octanol–water partition coefficient (Wildman–Crippen LogP) is 6.65. The largest absolute Gasteiger partial charge is 0.378 e. The van der Waals surface area contributed by atoms with E-state index in [0.717, 1.165) is 6.61 Å². The summed E-state index contributed by atoms with van der Waals surface area (Å²) in [5, 5.41) is 0. The molecule has 0 amide bonds. The molecule has 1 aromatic carbocycles. The molecule has 2 rings (SSSR count). The second-order valence-electron chi connectivity index (χ2n) is 7.28. The molecule has 23 heavy (non-hydrogen) atoms. The highest BCUT2D eigenvalue weighted by Crippen LogP contribution is 2.30. The van der Waals surface area contributed by atoms with Crippen molar-refractivity contribution in [2.45, 2.75) is 96.5 Å². The Labute approximate surface area is 143 Å². The van der Waals surface area contributed by atoms with Crippen molar-refractivity contribution in [1.82, 2.24) is 0 Å². The van der Waals surface area contributed by atoms with Gasteiger partial charge in [-0.3, -0.25) is 0 Å². The van der Waals surface area contributed by atoms with Crippen molar-refractivity contribution in [3.05, 3.63) is 35.4 Å². The maximum absolute atomic E-state index is 6.15. The average Bonchev–Trinajstić information content (AvgIpc) is 2.61. The van der Waals surface area contributed by atoms with Crippen LogP contribution in [0.25, 0.3) is 0 Å². The summed E-state index contributed by atoms with van der Waals surface area (Å²) >= 11 is 0. The minimum absolute atomic E-state index is 0.525. The number of ether oxygens (including phenoxy) is 1. The van der Waals surface area contributed by atoms with Crippen LogP contribution in [0.2, 0.25) is 0 Å². The van der Waals surface area contributed by atoms with E-state index in [1.165, 1.54) is 81.8 Å². The van der Waals surface area contributed by atoms with Crippen molar-refractivity contribution in [2.75, 3.05) is 6.61 Å². The fourth-order valence-corrected chi connectivity index (χ4v) is 3.61. The quantitative estimate of drug-likeness (QED) is 0.439. The van der Waals surface area contributed by atoms with E-state index >= 15 is 0 Å². The standard InChI is InChI=1S/C22H36O/c1-3-5-7-8-9-11-22-17-16-21(18-23-22)20-14-12-19(13-15-20)10-6-4-2/h12-15,21-22H,3-11,16-18H2,1-2H3. The molecule has 1 nitrogen and oxygen atoms in total. The monoisotopic (exact) mass is 316 g/mol. The summed E-state index contributed by atoms with van der Waals surface area (Å²) in [7, 11) is 0. The number of rotatable bonds is 10. The molecule has 0 bridgehead atoms. The molecule has 0 radical (unpaired) electrons. The van der Waals surface area contributed by atoms with Gasteiger partial charge in [0.25, 0.3) is 0 Å². The highest BCUT2D eigenvalue weighted by Gasteiger charge is 2.22. The molecule has 130 valence electrons. The second-order valence-corrected chi connectivity index (χ2v) is 7.28. The van der Waals surface area contributed by atoms with Crippen molar-refractivity contribution < 1.29 is 4.74 Å². The summed E-state index contributed by atoms with van der Waals surface area (Å²) in [4.78, 5) is 0. The minimum atomic E-state index is 0.525. The van der Waals surface area contributed by atoms with Gasteiger partial charge in [0.1, 0.15) is 0 Å².